The molecule has 0 spiro atoms. The molecule has 0 aliphatic heterocycles. The number of rotatable bonds is 8. The van der Waals surface area contributed by atoms with E-state index in [4.69, 9.17) is 26.6 Å². The van der Waals surface area contributed by atoms with Crippen LogP contribution in [0.5, 0.6) is 0 Å². The summed E-state index contributed by atoms with van der Waals surface area (Å²) in [5.41, 5.74) is 11.1. The quantitative estimate of drug-likeness (QED) is 0.336. The van der Waals surface area contributed by atoms with Gasteiger partial charge in [0.15, 0.2) is 0 Å². The van der Waals surface area contributed by atoms with Crippen molar-refractivity contribution in [3.63, 3.8) is 0 Å². The van der Waals surface area contributed by atoms with E-state index in [0.717, 1.165) is 22.8 Å². The fraction of sp³-hybridized carbons (Fsp3) is 0.424. The number of benzene rings is 2. The molecule has 0 fully saturated rings. The molecule has 1 radical (unpaired) electrons. The van der Waals surface area contributed by atoms with Gasteiger partial charge in [0.1, 0.15) is 0 Å². The van der Waals surface area contributed by atoms with Crippen LogP contribution in [-0.4, -0.2) is 17.4 Å². The SMILES string of the molecule is Cc1cc(C(C)C)c(N=Cc2cc(Cl)cc(C=Nc3c(C(C)C)cc(C)cc3C(C)C)n2)c(C(C)C)c1.[Cl-].[Cl-].[Co+2]. The second-order valence-electron chi connectivity index (χ2n) is 11.4. The number of hydrogen-bond donors (Lipinski definition) is 0. The molecule has 1 aromatic heterocycles. The molecule has 7 heteroatoms. The Morgan fingerprint density at radius 2 is 0.850 bits per heavy atom. The molecular weight excluding hydrogens is 604 g/mol. The molecule has 1 heterocycles. The normalized spacial score (nSPS) is 11.5. The maximum absolute atomic E-state index is 6.52. The van der Waals surface area contributed by atoms with Crippen molar-refractivity contribution in [3.8, 4) is 0 Å². The summed E-state index contributed by atoms with van der Waals surface area (Å²) < 4.78 is 0. The van der Waals surface area contributed by atoms with Crippen LogP contribution in [0, 0.1) is 13.8 Å². The average Bonchev–Trinajstić information content (AvgIpc) is 2.80. The third-order valence-electron chi connectivity index (χ3n) is 6.60. The Morgan fingerprint density at radius 3 is 1.10 bits per heavy atom. The predicted octanol–water partition coefficient (Wildman–Crippen LogP) is 4.35. The Balaban J connectivity index is 0.00000507. The first-order valence-electron chi connectivity index (χ1n) is 13.4. The fourth-order valence-electron chi connectivity index (χ4n) is 4.66. The number of aryl methyl sites for hydroxylation is 2. The van der Waals surface area contributed by atoms with E-state index in [1.54, 1.807) is 0 Å². The van der Waals surface area contributed by atoms with Gasteiger partial charge in [0.25, 0.3) is 0 Å². The molecule has 0 aliphatic rings. The molecule has 2 aromatic carbocycles. The minimum atomic E-state index is 0. The molecule has 0 unspecified atom stereocenters. The summed E-state index contributed by atoms with van der Waals surface area (Å²) in [6, 6.07) is 12.7. The molecule has 0 atom stereocenters. The third kappa shape index (κ3) is 9.70. The number of hydrogen-bond acceptors (Lipinski definition) is 3. The van der Waals surface area contributed by atoms with Crippen LogP contribution in [0.1, 0.15) is 124 Å². The minimum absolute atomic E-state index is 0. The monoisotopic (exact) mass is 644 g/mol. The summed E-state index contributed by atoms with van der Waals surface area (Å²) in [4.78, 5) is 14.7. The van der Waals surface area contributed by atoms with Gasteiger partial charge < -0.3 is 24.8 Å². The summed E-state index contributed by atoms with van der Waals surface area (Å²) in [6.07, 6.45) is 3.66. The standard InChI is InChI=1S/C33H42ClN3.2ClH.Co/c1-19(2)28-11-23(9)12-29(20(3)4)32(28)35-17-26-15-25(34)16-27(37-26)18-36-33-30(21(5)6)13-24(10)14-31(33)22(7)8;;;/h11-22H,1-10H3;2*1H;/q;;;+2/p-2. The molecule has 219 valence electrons. The van der Waals surface area contributed by atoms with Gasteiger partial charge >= 0.3 is 16.8 Å². The molecule has 3 nitrogen and oxygen atoms in total. The van der Waals surface area contributed by atoms with E-state index in [0.29, 0.717) is 28.7 Å². The van der Waals surface area contributed by atoms with Gasteiger partial charge in [0.2, 0.25) is 0 Å². The number of aliphatic imine (C=N–C) groups is 2. The average molecular weight is 646 g/mol. The van der Waals surface area contributed by atoms with Gasteiger partial charge in [-0.05, 0) is 71.9 Å². The van der Waals surface area contributed by atoms with Gasteiger partial charge in [-0.25, -0.2) is 4.98 Å². The smallest absolute Gasteiger partial charge is 1.00 e. The van der Waals surface area contributed by atoms with E-state index in [2.05, 4.69) is 93.5 Å². The molecule has 0 bridgehead atoms. The molecular formula is C33H42Cl3CoN3. The van der Waals surface area contributed by atoms with Gasteiger partial charge in [-0.3, -0.25) is 9.98 Å². The second kappa shape index (κ2) is 16.7. The van der Waals surface area contributed by atoms with Crippen LogP contribution in [0.4, 0.5) is 11.4 Å². The minimum Gasteiger partial charge on any atom is -1.00 e. The Hall–Kier alpha value is -1.69. The van der Waals surface area contributed by atoms with Gasteiger partial charge in [0, 0.05) is 5.02 Å². The summed E-state index contributed by atoms with van der Waals surface area (Å²) in [7, 11) is 0. The maximum atomic E-state index is 6.52. The predicted molar refractivity (Wildman–Crippen MR) is 162 cm³/mol. The van der Waals surface area contributed by atoms with E-state index < -0.39 is 0 Å². The van der Waals surface area contributed by atoms with Crippen molar-refractivity contribution in [3.05, 3.63) is 86.2 Å². The zero-order valence-electron chi connectivity index (χ0n) is 25.2. The van der Waals surface area contributed by atoms with Crippen molar-refractivity contribution in [1.82, 2.24) is 4.98 Å². The van der Waals surface area contributed by atoms with Crippen molar-refractivity contribution < 1.29 is 41.6 Å². The van der Waals surface area contributed by atoms with E-state index in [1.807, 2.05) is 24.6 Å². The first kappa shape index (κ1) is 38.3. The van der Waals surface area contributed by atoms with Gasteiger partial charge in [-0.15, -0.1) is 0 Å². The van der Waals surface area contributed by atoms with E-state index >= 15 is 0 Å². The molecule has 0 aliphatic carbocycles. The van der Waals surface area contributed by atoms with Crippen LogP contribution in [0.25, 0.3) is 0 Å². The number of halogens is 3. The first-order valence-corrected chi connectivity index (χ1v) is 13.8. The molecule has 0 amide bonds. The van der Waals surface area contributed by atoms with Crippen molar-refractivity contribution >= 4 is 35.4 Å². The van der Waals surface area contributed by atoms with Crippen LogP contribution in [0.2, 0.25) is 5.02 Å². The zero-order valence-corrected chi connectivity index (χ0v) is 28.5. The van der Waals surface area contributed by atoms with Crippen LogP contribution >= 0.6 is 11.6 Å². The Bertz CT molecular complexity index is 1170. The Morgan fingerprint density at radius 1 is 0.575 bits per heavy atom. The molecule has 40 heavy (non-hydrogen) atoms. The van der Waals surface area contributed by atoms with Gasteiger partial charge in [-0.2, -0.15) is 0 Å². The third-order valence-corrected chi connectivity index (χ3v) is 6.81. The van der Waals surface area contributed by atoms with Crippen LogP contribution in [0.15, 0.2) is 46.4 Å². The van der Waals surface area contributed by atoms with Crippen LogP contribution in [-0.2, 0) is 16.8 Å². The first-order chi connectivity index (χ1) is 17.4. The Labute approximate surface area is 269 Å². The van der Waals surface area contributed by atoms with Crippen LogP contribution in [0.3, 0.4) is 0 Å². The summed E-state index contributed by atoms with van der Waals surface area (Å²) in [5.74, 6) is 1.50. The molecule has 3 aromatic rings. The summed E-state index contributed by atoms with van der Waals surface area (Å²) in [5, 5.41) is 0.618. The molecule has 0 N–H and O–H groups in total. The van der Waals surface area contributed by atoms with E-state index in [-0.39, 0.29) is 41.6 Å². The van der Waals surface area contributed by atoms with Gasteiger partial charge in [-0.1, -0.05) is 102 Å². The topological polar surface area (TPSA) is 37.6 Å². The van der Waals surface area contributed by atoms with Gasteiger partial charge in [0.05, 0.1) is 35.2 Å². The second-order valence-corrected chi connectivity index (χ2v) is 11.8. The zero-order chi connectivity index (χ0) is 27.4. The maximum Gasteiger partial charge on any atom is 2.00 e. The van der Waals surface area contributed by atoms with Crippen molar-refractivity contribution in [2.45, 2.75) is 92.9 Å². The van der Waals surface area contributed by atoms with Crippen molar-refractivity contribution in [1.29, 1.82) is 0 Å². The van der Waals surface area contributed by atoms with Crippen molar-refractivity contribution in [2.24, 2.45) is 9.98 Å². The fourth-order valence-corrected chi connectivity index (χ4v) is 4.88. The van der Waals surface area contributed by atoms with Crippen molar-refractivity contribution in [2.75, 3.05) is 0 Å². The van der Waals surface area contributed by atoms with Crippen LogP contribution < -0.4 is 24.8 Å². The molecule has 0 saturated heterocycles. The summed E-state index contributed by atoms with van der Waals surface area (Å²) in [6.45, 7) is 22.0. The largest absolute Gasteiger partial charge is 2.00 e. The van der Waals surface area contributed by atoms with E-state index in [1.165, 1.54) is 33.4 Å². The molecule has 3 rings (SSSR count). The van der Waals surface area contributed by atoms with E-state index in [9.17, 15) is 0 Å². The molecule has 0 saturated carbocycles. The Kier molecular flexibility index (Phi) is 16.0. The number of aromatic nitrogens is 1. The number of pyridine rings is 1. The number of nitrogens with zero attached hydrogens (tertiary/aromatic N) is 3. The summed E-state index contributed by atoms with van der Waals surface area (Å²) >= 11 is 6.52.